The normalized spacial score (nSPS) is 15.0. The van der Waals surface area contributed by atoms with E-state index in [1.54, 1.807) is 0 Å². The van der Waals surface area contributed by atoms with Crippen molar-refractivity contribution in [3.05, 3.63) is 0 Å². The van der Waals surface area contributed by atoms with Crippen LogP contribution in [0.5, 0.6) is 0 Å². The van der Waals surface area contributed by atoms with Gasteiger partial charge in [0.25, 0.3) is 0 Å². The monoisotopic (exact) mass is 312 g/mol. The lowest BCUT2D eigenvalue weighted by Crippen LogP contribution is -2.42. The van der Waals surface area contributed by atoms with E-state index in [0.29, 0.717) is 13.1 Å². The van der Waals surface area contributed by atoms with Gasteiger partial charge in [-0.2, -0.15) is 0 Å². The predicted molar refractivity (Wildman–Crippen MR) is 90.0 cm³/mol. The minimum absolute atomic E-state index is 0.0255. The second kappa shape index (κ2) is 11.3. The fourth-order valence-corrected chi connectivity index (χ4v) is 1.80. The number of hydrogen-bond donors (Lipinski definition) is 3. The molecule has 0 atom stereocenters. The number of hydrogen-bond acceptors (Lipinski definition) is 3. The number of nitrogens with zero attached hydrogens (tertiary/aromatic N) is 1. The zero-order valence-electron chi connectivity index (χ0n) is 14.3. The maximum atomic E-state index is 11.4. The summed E-state index contributed by atoms with van der Waals surface area (Å²) in [6.45, 7) is 10.4. The Balaban J connectivity index is 2.07. The van der Waals surface area contributed by atoms with Crippen LogP contribution in [-0.4, -0.2) is 51.3 Å². The molecule has 1 rings (SSSR count). The van der Waals surface area contributed by atoms with Crippen molar-refractivity contribution < 1.29 is 9.53 Å². The van der Waals surface area contributed by atoms with Crippen molar-refractivity contribution in [2.45, 2.75) is 40.0 Å². The van der Waals surface area contributed by atoms with Gasteiger partial charge in [0.05, 0.1) is 0 Å². The summed E-state index contributed by atoms with van der Waals surface area (Å²) >= 11 is 0. The highest BCUT2D eigenvalue weighted by molar-refractivity contribution is 5.80. The highest BCUT2D eigenvalue weighted by Gasteiger charge is 2.20. The molecule has 0 aromatic rings. The fourth-order valence-electron chi connectivity index (χ4n) is 1.80. The SMILES string of the molecule is CCNC(=NCCCOCC1CC1)NCCNC(=O)C(C)C. The van der Waals surface area contributed by atoms with Crippen LogP contribution in [0.4, 0.5) is 0 Å². The van der Waals surface area contributed by atoms with Gasteiger partial charge in [-0.3, -0.25) is 9.79 Å². The molecule has 1 aliphatic rings. The third-order valence-corrected chi connectivity index (χ3v) is 3.35. The van der Waals surface area contributed by atoms with E-state index in [-0.39, 0.29) is 11.8 Å². The first kappa shape index (κ1) is 18.7. The van der Waals surface area contributed by atoms with Crippen LogP contribution in [0.2, 0.25) is 0 Å². The minimum Gasteiger partial charge on any atom is -0.381 e. The molecular formula is C16H32N4O2. The van der Waals surface area contributed by atoms with Crippen LogP contribution in [0.15, 0.2) is 4.99 Å². The number of ether oxygens (including phenoxy) is 1. The summed E-state index contributed by atoms with van der Waals surface area (Å²) in [4.78, 5) is 15.9. The van der Waals surface area contributed by atoms with Gasteiger partial charge in [0.1, 0.15) is 0 Å². The molecule has 0 aromatic carbocycles. The van der Waals surface area contributed by atoms with Gasteiger partial charge in [0.15, 0.2) is 5.96 Å². The third-order valence-electron chi connectivity index (χ3n) is 3.35. The number of nitrogens with one attached hydrogen (secondary N) is 3. The van der Waals surface area contributed by atoms with Gasteiger partial charge in [-0.25, -0.2) is 0 Å². The molecule has 22 heavy (non-hydrogen) atoms. The highest BCUT2D eigenvalue weighted by Crippen LogP contribution is 2.28. The molecule has 0 spiro atoms. The second-order valence-corrected chi connectivity index (χ2v) is 6.01. The van der Waals surface area contributed by atoms with Crippen molar-refractivity contribution in [3.63, 3.8) is 0 Å². The Morgan fingerprint density at radius 2 is 1.95 bits per heavy atom. The number of aliphatic imine (C=N–C) groups is 1. The lowest BCUT2D eigenvalue weighted by molar-refractivity contribution is -0.123. The smallest absolute Gasteiger partial charge is 0.222 e. The van der Waals surface area contributed by atoms with E-state index in [0.717, 1.165) is 44.6 Å². The van der Waals surface area contributed by atoms with Crippen LogP contribution in [0.1, 0.15) is 40.0 Å². The second-order valence-electron chi connectivity index (χ2n) is 6.01. The summed E-state index contributed by atoms with van der Waals surface area (Å²) in [5.41, 5.74) is 0. The highest BCUT2D eigenvalue weighted by atomic mass is 16.5. The van der Waals surface area contributed by atoms with Crippen molar-refractivity contribution in [2.24, 2.45) is 16.8 Å². The Labute approximate surface area is 134 Å². The summed E-state index contributed by atoms with van der Waals surface area (Å²) in [6, 6.07) is 0. The summed E-state index contributed by atoms with van der Waals surface area (Å²) in [6.07, 6.45) is 3.60. The van der Waals surface area contributed by atoms with Crippen LogP contribution in [-0.2, 0) is 9.53 Å². The maximum absolute atomic E-state index is 11.4. The maximum Gasteiger partial charge on any atom is 0.222 e. The summed E-state index contributed by atoms with van der Waals surface area (Å²) in [5, 5.41) is 9.29. The molecule has 128 valence electrons. The number of carbonyl (C=O) groups excluding carboxylic acids is 1. The molecule has 0 heterocycles. The standard InChI is InChI=1S/C16H32N4O2/c1-4-17-16(20-10-9-18-15(21)13(2)3)19-8-5-11-22-12-14-6-7-14/h13-14H,4-12H2,1-3H3,(H,18,21)(H2,17,19,20). The van der Waals surface area contributed by atoms with Gasteiger partial charge in [-0.05, 0) is 32.1 Å². The molecule has 1 fully saturated rings. The third kappa shape index (κ3) is 9.60. The molecule has 1 saturated carbocycles. The first-order valence-electron chi connectivity index (χ1n) is 8.51. The average molecular weight is 312 g/mol. The van der Waals surface area contributed by atoms with Gasteiger partial charge in [-0.1, -0.05) is 13.8 Å². The molecule has 1 amide bonds. The molecule has 0 radical (unpaired) electrons. The first-order valence-corrected chi connectivity index (χ1v) is 8.51. The zero-order valence-corrected chi connectivity index (χ0v) is 14.3. The summed E-state index contributed by atoms with van der Waals surface area (Å²) < 4.78 is 5.59. The van der Waals surface area contributed by atoms with Crippen molar-refractivity contribution in [3.8, 4) is 0 Å². The van der Waals surface area contributed by atoms with E-state index in [2.05, 4.69) is 20.9 Å². The molecule has 0 aromatic heterocycles. The molecule has 0 saturated heterocycles. The largest absolute Gasteiger partial charge is 0.381 e. The van der Waals surface area contributed by atoms with Gasteiger partial charge in [0.2, 0.25) is 5.91 Å². The molecule has 6 nitrogen and oxygen atoms in total. The molecule has 0 unspecified atom stereocenters. The lowest BCUT2D eigenvalue weighted by atomic mass is 10.2. The number of amides is 1. The number of guanidine groups is 1. The van der Waals surface area contributed by atoms with E-state index < -0.39 is 0 Å². The van der Waals surface area contributed by atoms with Crippen molar-refractivity contribution >= 4 is 11.9 Å². The summed E-state index contributed by atoms with van der Waals surface area (Å²) in [7, 11) is 0. The Hall–Kier alpha value is -1.30. The van der Waals surface area contributed by atoms with E-state index >= 15 is 0 Å². The van der Waals surface area contributed by atoms with Crippen LogP contribution in [0, 0.1) is 11.8 Å². The number of carbonyl (C=O) groups is 1. The van der Waals surface area contributed by atoms with Crippen LogP contribution < -0.4 is 16.0 Å². The molecule has 1 aliphatic carbocycles. The predicted octanol–water partition coefficient (Wildman–Crippen LogP) is 1.13. The van der Waals surface area contributed by atoms with Crippen LogP contribution in [0.3, 0.4) is 0 Å². The van der Waals surface area contributed by atoms with Gasteiger partial charge >= 0.3 is 0 Å². The lowest BCUT2D eigenvalue weighted by Gasteiger charge is -2.12. The average Bonchev–Trinajstić information content (AvgIpc) is 3.30. The van der Waals surface area contributed by atoms with Gasteiger partial charge in [0, 0.05) is 45.3 Å². The van der Waals surface area contributed by atoms with E-state index in [1.165, 1.54) is 12.8 Å². The zero-order chi connectivity index (χ0) is 16.2. The van der Waals surface area contributed by atoms with Gasteiger partial charge < -0.3 is 20.7 Å². The fraction of sp³-hybridized carbons (Fsp3) is 0.875. The molecular weight excluding hydrogens is 280 g/mol. The van der Waals surface area contributed by atoms with Crippen molar-refractivity contribution in [1.29, 1.82) is 0 Å². The topological polar surface area (TPSA) is 74.8 Å². The Morgan fingerprint density at radius 3 is 2.59 bits per heavy atom. The minimum atomic E-state index is 0.0255. The van der Waals surface area contributed by atoms with Crippen molar-refractivity contribution in [2.75, 3.05) is 39.4 Å². The Kier molecular flexibility index (Phi) is 9.62. The first-order chi connectivity index (χ1) is 10.6. The molecule has 6 heteroatoms. The molecule has 0 bridgehead atoms. The van der Waals surface area contributed by atoms with Crippen molar-refractivity contribution in [1.82, 2.24) is 16.0 Å². The quantitative estimate of drug-likeness (QED) is 0.304. The number of rotatable bonds is 11. The molecule has 0 aliphatic heterocycles. The summed E-state index contributed by atoms with van der Waals surface area (Å²) in [5.74, 6) is 1.72. The van der Waals surface area contributed by atoms with E-state index in [9.17, 15) is 4.79 Å². The molecule has 3 N–H and O–H groups in total. The Morgan fingerprint density at radius 1 is 1.23 bits per heavy atom. The van der Waals surface area contributed by atoms with E-state index in [4.69, 9.17) is 4.74 Å². The Bertz CT molecular complexity index is 341. The van der Waals surface area contributed by atoms with Crippen LogP contribution >= 0.6 is 0 Å². The van der Waals surface area contributed by atoms with Gasteiger partial charge in [-0.15, -0.1) is 0 Å². The van der Waals surface area contributed by atoms with E-state index in [1.807, 2.05) is 20.8 Å². The van der Waals surface area contributed by atoms with Crippen LogP contribution in [0.25, 0.3) is 0 Å².